The summed E-state index contributed by atoms with van der Waals surface area (Å²) in [4.78, 5) is 25.5. The van der Waals surface area contributed by atoms with Gasteiger partial charge in [-0.2, -0.15) is 5.10 Å². The lowest BCUT2D eigenvalue weighted by Crippen LogP contribution is -2.41. The molecule has 29 heavy (non-hydrogen) atoms. The van der Waals surface area contributed by atoms with Crippen LogP contribution in [-0.2, 0) is 0 Å². The largest absolute Gasteiger partial charge is 0.279 e. The first-order valence-corrected chi connectivity index (χ1v) is 9.86. The van der Waals surface area contributed by atoms with Gasteiger partial charge in [0.25, 0.3) is 11.8 Å². The van der Waals surface area contributed by atoms with E-state index in [9.17, 15) is 9.59 Å². The standard InChI is InChI=1S/C22H18N4O2S/c1-15-9-11-16(12-10-15)20-18(14-26(25-20)17-6-3-2-4-7-17)21(27)23-24-22(28)19-8-5-13-29-19/h2-14H,1H3,(H,23,27)(H,24,28). The minimum Gasteiger partial charge on any atom is -0.267 e. The number of carbonyl (C=O) groups is 2. The number of rotatable bonds is 4. The number of para-hydroxylation sites is 1. The second-order valence-corrected chi connectivity index (χ2v) is 7.37. The van der Waals surface area contributed by atoms with E-state index < -0.39 is 5.91 Å². The molecule has 0 atom stereocenters. The summed E-state index contributed by atoms with van der Waals surface area (Å²) in [7, 11) is 0. The van der Waals surface area contributed by atoms with Gasteiger partial charge in [0.2, 0.25) is 0 Å². The van der Waals surface area contributed by atoms with E-state index in [-0.39, 0.29) is 5.91 Å². The van der Waals surface area contributed by atoms with Gasteiger partial charge in [0.15, 0.2) is 0 Å². The molecule has 0 radical (unpaired) electrons. The van der Waals surface area contributed by atoms with Crippen LogP contribution in [0.4, 0.5) is 0 Å². The first-order chi connectivity index (χ1) is 14.1. The van der Waals surface area contributed by atoms with Crippen LogP contribution in [0.15, 0.2) is 78.3 Å². The number of carbonyl (C=O) groups excluding carboxylic acids is 2. The second kappa shape index (κ2) is 8.12. The molecule has 0 aliphatic rings. The monoisotopic (exact) mass is 402 g/mol. The smallest absolute Gasteiger partial charge is 0.267 e. The number of nitrogens with zero attached hydrogens (tertiary/aromatic N) is 2. The Morgan fingerprint density at radius 1 is 0.897 bits per heavy atom. The van der Waals surface area contributed by atoms with Crippen molar-refractivity contribution in [3.8, 4) is 16.9 Å². The Labute approximate surface area is 171 Å². The molecule has 2 heterocycles. The Balaban J connectivity index is 1.65. The highest BCUT2D eigenvalue weighted by Gasteiger charge is 2.19. The van der Waals surface area contributed by atoms with E-state index in [0.29, 0.717) is 16.1 Å². The molecular formula is C22H18N4O2S. The van der Waals surface area contributed by atoms with E-state index in [2.05, 4.69) is 16.0 Å². The fourth-order valence-electron chi connectivity index (χ4n) is 2.83. The normalized spacial score (nSPS) is 10.5. The van der Waals surface area contributed by atoms with Crippen LogP contribution >= 0.6 is 11.3 Å². The van der Waals surface area contributed by atoms with Crippen LogP contribution in [0.3, 0.4) is 0 Å². The van der Waals surface area contributed by atoms with Crippen molar-refractivity contribution in [2.24, 2.45) is 0 Å². The van der Waals surface area contributed by atoms with Gasteiger partial charge in [-0.3, -0.25) is 20.4 Å². The molecule has 0 spiro atoms. The molecule has 144 valence electrons. The summed E-state index contributed by atoms with van der Waals surface area (Å²) in [5.41, 5.74) is 8.62. The number of aromatic nitrogens is 2. The van der Waals surface area contributed by atoms with Gasteiger partial charge in [-0.05, 0) is 30.5 Å². The summed E-state index contributed by atoms with van der Waals surface area (Å²) >= 11 is 1.30. The van der Waals surface area contributed by atoms with Crippen molar-refractivity contribution in [2.75, 3.05) is 0 Å². The van der Waals surface area contributed by atoms with E-state index in [1.54, 1.807) is 28.4 Å². The molecule has 4 aromatic rings. The number of hydrogen-bond donors (Lipinski definition) is 2. The minimum absolute atomic E-state index is 0.360. The number of benzene rings is 2. The summed E-state index contributed by atoms with van der Waals surface area (Å²) in [6, 6.07) is 20.8. The van der Waals surface area contributed by atoms with E-state index in [0.717, 1.165) is 16.8 Å². The molecule has 0 aliphatic carbocycles. The molecule has 0 bridgehead atoms. The summed E-state index contributed by atoms with van der Waals surface area (Å²) in [5.74, 6) is -0.798. The van der Waals surface area contributed by atoms with Crippen molar-refractivity contribution in [1.82, 2.24) is 20.6 Å². The van der Waals surface area contributed by atoms with Gasteiger partial charge in [0, 0.05) is 11.8 Å². The van der Waals surface area contributed by atoms with Crippen LogP contribution in [0, 0.1) is 6.92 Å². The summed E-state index contributed by atoms with van der Waals surface area (Å²) in [6.07, 6.45) is 1.66. The van der Waals surface area contributed by atoms with E-state index in [1.807, 2.05) is 61.5 Å². The minimum atomic E-state index is -0.437. The molecule has 0 saturated heterocycles. The van der Waals surface area contributed by atoms with Crippen molar-refractivity contribution < 1.29 is 9.59 Å². The topological polar surface area (TPSA) is 76.0 Å². The molecule has 4 rings (SSSR count). The lowest BCUT2D eigenvalue weighted by Gasteiger charge is -2.06. The molecule has 2 aromatic heterocycles. The molecule has 0 unspecified atom stereocenters. The average Bonchev–Trinajstić information content (AvgIpc) is 3.43. The van der Waals surface area contributed by atoms with Gasteiger partial charge < -0.3 is 0 Å². The van der Waals surface area contributed by atoms with Crippen LogP contribution < -0.4 is 10.9 Å². The molecule has 0 fully saturated rings. The summed E-state index contributed by atoms with van der Waals surface area (Å²) in [5, 5.41) is 6.43. The Hall–Kier alpha value is -3.71. The van der Waals surface area contributed by atoms with Gasteiger partial charge in [0.1, 0.15) is 5.69 Å². The third-order valence-corrected chi connectivity index (χ3v) is 5.21. The fourth-order valence-corrected chi connectivity index (χ4v) is 3.45. The van der Waals surface area contributed by atoms with Gasteiger partial charge in [-0.1, -0.05) is 54.1 Å². The molecular weight excluding hydrogens is 384 g/mol. The van der Waals surface area contributed by atoms with Gasteiger partial charge in [-0.25, -0.2) is 4.68 Å². The SMILES string of the molecule is Cc1ccc(-c2nn(-c3ccccc3)cc2C(=O)NNC(=O)c2cccs2)cc1. The van der Waals surface area contributed by atoms with E-state index in [1.165, 1.54) is 11.3 Å². The van der Waals surface area contributed by atoms with E-state index in [4.69, 9.17) is 0 Å². The highest BCUT2D eigenvalue weighted by atomic mass is 32.1. The van der Waals surface area contributed by atoms with Gasteiger partial charge in [0.05, 0.1) is 16.1 Å². The van der Waals surface area contributed by atoms with Crippen LogP contribution in [0.25, 0.3) is 16.9 Å². The van der Waals surface area contributed by atoms with Crippen molar-refractivity contribution in [3.05, 3.63) is 94.3 Å². The molecule has 2 N–H and O–H groups in total. The number of aryl methyl sites for hydroxylation is 1. The first-order valence-electron chi connectivity index (χ1n) is 8.98. The van der Waals surface area contributed by atoms with Crippen LogP contribution in [0.5, 0.6) is 0 Å². The highest BCUT2D eigenvalue weighted by molar-refractivity contribution is 7.12. The molecule has 2 amide bonds. The molecule has 0 aliphatic heterocycles. The van der Waals surface area contributed by atoms with Crippen molar-refractivity contribution in [3.63, 3.8) is 0 Å². The zero-order chi connectivity index (χ0) is 20.2. The maximum absolute atomic E-state index is 12.8. The summed E-state index contributed by atoms with van der Waals surface area (Å²) < 4.78 is 1.66. The number of hydrazine groups is 1. The summed E-state index contributed by atoms with van der Waals surface area (Å²) in [6.45, 7) is 2.00. The van der Waals surface area contributed by atoms with Gasteiger partial charge >= 0.3 is 0 Å². The molecule has 0 saturated carbocycles. The maximum Gasteiger partial charge on any atom is 0.279 e. The number of thiophene rings is 1. The number of amides is 2. The quantitative estimate of drug-likeness (QED) is 0.507. The predicted molar refractivity (Wildman–Crippen MR) is 113 cm³/mol. The molecule has 6 nitrogen and oxygen atoms in total. The van der Waals surface area contributed by atoms with Crippen LogP contribution in [0.1, 0.15) is 25.6 Å². The van der Waals surface area contributed by atoms with Crippen molar-refractivity contribution in [2.45, 2.75) is 6.92 Å². The Morgan fingerprint density at radius 3 is 2.31 bits per heavy atom. The fraction of sp³-hybridized carbons (Fsp3) is 0.0455. The van der Waals surface area contributed by atoms with Crippen molar-refractivity contribution >= 4 is 23.2 Å². The maximum atomic E-state index is 12.8. The average molecular weight is 402 g/mol. The number of hydrogen-bond acceptors (Lipinski definition) is 4. The van der Waals surface area contributed by atoms with Crippen LogP contribution in [-0.4, -0.2) is 21.6 Å². The highest BCUT2D eigenvalue weighted by Crippen LogP contribution is 2.24. The second-order valence-electron chi connectivity index (χ2n) is 6.42. The third-order valence-electron chi connectivity index (χ3n) is 4.34. The number of nitrogens with one attached hydrogen (secondary N) is 2. The zero-order valence-electron chi connectivity index (χ0n) is 15.6. The Kier molecular flexibility index (Phi) is 5.22. The Bertz CT molecular complexity index is 1130. The lowest BCUT2D eigenvalue weighted by molar-refractivity contribution is 0.0849. The first kappa shape index (κ1) is 18.6. The van der Waals surface area contributed by atoms with Crippen LogP contribution in [0.2, 0.25) is 0 Å². The predicted octanol–water partition coefficient (Wildman–Crippen LogP) is 3.98. The molecule has 2 aromatic carbocycles. The lowest BCUT2D eigenvalue weighted by atomic mass is 10.1. The van der Waals surface area contributed by atoms with Gasteiger partial charge in [-0.15, -0.1) is 11.3 Å². The third kappa shape index (κ3) is 4.09. The zero-order valence-corrected chi connectivity index (χ0v) is 16.4. The van der Waals surface area contributed by atoms with E-state index >= 15 is 0 Å². The van der Waals surface area contributed by atoms with Crippen molar-refractivity contribution in [1.29, 1.82) is 0 Å². The molecule has 7 heteroatoms. The Morgan fingerprint density at radius 2 is 1.62 bits per heavy atom.